The number of thioether (sulfide) groups is 1. The van der Waals surface area contributed by atoms with E-state index in [9.17, 15) is 9.59 Å². The quantitative estimate of drug-likeness (QED) is 0.523. The van der Waals surface area contributed by atoms with Crippen molar-refractivity contribution in [2.24, 2.45) is 0 Å². The standard InChI is InChI=1S/C14H8Cl2O3S2/c15-10-3-7-12(8-4-10)20-13(17)9-1-5-11(6-2-9)19-14(18)21-16/h1-8H. The van der Waals surface area contributed by atoms with Crippen LogP contribution in [0.4, 0.5) is 4.79 Å². The summed E-state index contributed by atoms with van der Waals surface area (Å²) in [7, 11) is 5.72. The van der Waals surface area contributed by atoms with Crippen LogP contribution in [0.2, 0.25) is 5.02 Å². The van der Waals surface area contributed by atoms with E-state index in [1.54, 1.807) is 48.5 Å². The number of halogens is 2. The van der Waals surface area contributed by atoms with Gasteiger partial charge < -0.3 is 4.74 Å². The van der Waals surface area contributed by atoms with E-state index in [1.807, 2.05) is 0 Å². The van der Waals surface area contributed by atoms with E-state index in [-0.39, 0.29) is 5.12 Å². The molecule has 0 saturated heterocycles. The molecule has 0 spiro atoms. The number of hydrogen-bond acceptors (Lipinski definition) is 5. The van der Waals surface area contributed by atoms with Gasteiger partial charge in [-0.15, -0.1) is 0 Å². The van der Waals surface area contributed by atoms with Gasteiger partial charge in [-0.05, 0) is 71.0 Å². The van der Waals surface area contributed by atoms with Crippen LogP contribution in [0.15, 0.2) is 53.4 Å². The van der Waals surface area contributed by atoms with Crippen molar-refractivity contribution in [3.63, 3.8) is 0 Å². The summed E-state index contributed by atoms with van der Waals surface area (Å²) < 4.78 is 4.89. The van der Waals surface area contributed by atoms with Crippen LogP contribution in [-0.4, -0.2) is 10.4 Å². The maximum atomic E-state index is 12.1. The van der Waals surface area contributed by atoms with Crippen molar-refractivity contribution in [2.45, 2.75) is 4.90 Å². The Morgan fingerprint density at radius 3 is 2.14 bits per heavy atom. The zero-order valence-electron chi connectivity index (χ0n) is 10.4. The molecule has 0 fully saturated rings. The molecule has 0 N–H and O–H groups in total. The molecule has 21 heavy (non-hydrogen) atoms. The molecule has 0 radical (unpaired) electrons. The molecule has 0 heterocycles. The number of carbonyl (C=O) groups is 2. The minimum Gasteiger partial charge on any atom is -0.418 e. The minimum absolute atomic E-state index is 0.109. The second-order valence-electron chi connectivity index (χ2n) is 3.80. The van der Waals surface area contributed by atoms with Crippen molar-refractivity contribution < 1.29 is 14.3 Å². The Kier molecular flexibility index (Phi) is 5.99. The summed E-state index contributed by atoms with van der Waals surface area (Å²) in [5, 5.41) is -0.108. The maximum absolute atomic E-state index is 12.1. The molecule has 2 aromatic carbocycles. The van der Waals surface area contributed by atoms with Crippen molar-refractivity contribution in [2.75, 3.05) is 0 Å². The summed E-state index contributed by atoms with van der Waals surface area (Å²) in [6.07, 6.45) is 0. The molecule has 7 heteroatoms. The molecule has 2 rings (SSSR count). The third-order valence-corrected chi connectivity index (χ3v) is 4.15. The molecular formula is C14H8Cl2O3S2. The molecule has 0 aliphatic carbocycles. The number of carbonyl (C=O) groups excluding carboxylic acids is 2. The highest BCUT2D eigenvalue weighted by Crippen LogP contribution is 2.25. The number of rotatable bonds is 3. The van der Waals surface area contributed by atoms with Gasteiger partial charge in [0.05, 0.1) is 11.0 Å². The Hall–Kier alpha value is -1.14. The van der Waals surface area contributed by atoms with Crippen LogP contribution in [0.5, 0.6) is 5.75 Å². The third kappa shape index (κ3) is 4.97. The molecule has 0 aliphatic rings. The van der Waals surface area contributed by atoms with Gasteiger partial charge in [-0.2, -0.15) is 0 Å². The average molecular weight is 359 g/mol. The molecule has 2 aromatic rings. The van der Waals surface area contributed by atoms with Crippen LogP contribution in [0.3, 0.4) is 0 Å². The lowest BCUT2D eigenvalue weighted by atomic mass is 10.2. The van der Waals surface area contributed by atoms with Gasteiger partial charge in [0, 0.05) is 15.5 Å². The van der Waals surface area contributed by atoms with Crippen molar-refractivity contribution >= 4 is 55.4 Å². The van der Waals surface area contributed by atoms with Gasteiger partial charge in [0.25, 0.3) is 0 Å². The fourth-order valence-corrected chi connectivity index (χ4v) is 2.53. The van der Waals surface area contributed by atoms with E-state index < -0.39 is 5.30 Å². The molecular weight excluding hydrogens is 351 g/mol. The topological polar surface area (TPSA) is 43.4 Å². The lowest BCUT2D eigenvalue weighted by molar-refractivity contribution is 0.108. The van der Waals surface area contributed by atoms with E-state index in [1.165, 1.54) is 0 Å². The minimum atomic E-state index is -0.619. The van der Waals surface area contributed by atoms with Gasteiger partial charge in [-0.1, -0.05) is 11.6 Å². The largest absolute Gasteiger partial charge is 0.418 e. The highest BCUT2D eigenvalue weighted by Gasteiger charge is 2.09. The summed E-state index contributed by atoms with van der Waals surface area (Å²) in [6.45, 7) is 0. The lowest BCUT2D eigenvalue weighted by Gasteiger charge is -2.04. The van der Waals surface area contributed by atoms with Crippen LogP contribution in [0.1, 0.15) is 10.4 Å². The van der Waals surface area contributed by atoms with E-state index >= 15 is 0 Å². The molecule has 0 bridgehead atoms. The van der Waals surface area contributed by atoms with Gasteiger partial charge in [0.1, 0.15) is 5.75 Å². The zero-order valence-corrected chi connectivity index (χ0v) is 13.6. The lowest BCUT2D eigenvalue weighted by Crippen LogP contribution is -1.99. The Bertz CT molecular complexity index is 642. The molecule has 0 saturated carbocycles. The monoisotopic (exact) mass is 358 g/mol. The smallest absolute Gasteiger partial charge is 0.388 e. The Balaban J connectivity index is 2.02. The second-order valence-corrected chi connectivity index (χ2v) is 6.23. The van der Waals surface area contributed by atoms with E-state index in [2.05, 4.69) is 0 Å². The van der Waals surface area contributed by atoms with Gasteiger partial charge in [0.15, 0.2) is 0 Å². The summed E-state index contributed by atoms with van der Waals surface area (Å²) in [5.74, 6) is 0.334. The summed E-state index contributed by atoms with van der Waals surface area (Å²) in [6, 6.07) is 13.3. The molecule has 0 aromatic heterocycles. The number of benzene rings is 2. The molecule has 3 nitrogen and oxygen atoms in total. The molecule has 0 amide bonds. The van der Waals surface area contributed by atoms with Crippen LogP contribution in [0.25, 0.3) is 0 Å². The molecule has 0 atom stereocenters. The van der Waals surface area contributed by atoms with Gasteiger partial charge in [0.2, 0.25) is 5.12 Å². The summed E-state index contributed by atoms with van der Waals surface area (Å²) >= 11 is 6.89. The summed E-state index contributed by atoms with van der Waals surface area (Å²) in [5.41, 5.74) is 0.508. The summed E-state index contributed by atoms with van der Waals surface area (Å²) in [4.78, 5) is 23.9. The SMILES string of the molecule is O=C(Oc1ccc(C(=O)Sc2ccc(Cl)cc2)cc1)SCl. The molecule has 0 aliphatic heterocycles. The first kappa shape index (κ1) is 16.2. The van der Waals surface area contributed by atoms with E-state index in [4.69, 9.17) is 27.0 Å². The number of ether oxygens (including phenoxy) is 1. The number of hydrogen-bond donors (Lipinski definition) is 0. The van der Waals surface area contributed by atoms with Crippen molar-refractivity contribution in [3.8, 4) is 5.75 Å². The van der Waals surface area contributed by atoms with Crippen molar-refractivity contribution in [3.05, 3.63) is 59.1 Å². The van der Waals surface area contributed by atoms with Crippen LogP contribution in [0, 0.1) is 0 Å². The normalized spacial score (nSPS) is 10.2. The highest BCUT2D eigenvalue weighted by molar-refractivity contribution is 8.32. The first-order valence-corrected chi connectivity index (χ1v) is 8.50. The van der Waals surface area contributed by atoms with E-state index in [0.29, 0.717) is 27.3 Å². The van der Waals surface area contributed by atoms with Crippen LogP contribution in [-0.2, 0) is 0 Å². The first-order chi connectivity index (χ1) is 10.1. The Morgan fingerprint density at radius 2 is 1.57 bits per heavy atom. The third-order valence-electron chi connectivity index (χ3n) is 2.38. The average Bonchev–Trinajstić information content (AvgIpc) is 2.50. The van der Waals surface area contributed by atoms with Gasteiger partial charge in [-0.3, -0.25) is 4.79 Å². The predicted octanol–water partition coefficient (Wildman–Crippen LogP) is 5.66. The molecule has 108 valence electrons. The maximum Gasteiger partial charge on any atom is 0.388 e. The fraction of sp³-hybridized carbons (Fsp3) is 0. The molecule has 0 unspecified atom stereocenters. The van der Waals surface area contributed by atoms with E-state index in [0.717, 1.165) is 16.7 Å². The van der Waals surface area contributed by atoms with Crippen molar-refractivity contribution in [1.82, 2.24) is 0 Å². The highest BCUT2D eigenvalue weighted by atomic mass is 35.7. The first-order valence-electron chi connectivity index (χ1n) is 5.66. The van der Waals surface area contributed by atoms with Crippen LogP contribution < -0.4 is 4.74 Å². The fourth-order valence-electron chi connectivity index (χ4n) is 1.44. The van der Waals surface area contributed by atoms with Gasteiger partial charge >= 0.3 is 5.30 Å². The van der Waals surface area contributed by atoms with Gasteiger partial charge in [-0.25, -0.2) is 4.79 Å². The Labute approximate surface area is 139 Å². The second kappa shape index (κ2) is 7.75. The van der Waals surface area contributed by atoms with Crippen molar-refractivity contribution in [1.29, 1.82) is 0 Å². The zero-order chi connectivity index (χ0) is 15.2. The predicted molar refractivity (Wildman–Crippen MR) is 87.5 cm³/mol. The Morgan fingerprint density at radius 1 is 0.952 bits per heavy atom. The van der Waals surface area contributed by atoms with Crippen LogP contribution >= 0.6 is 45.0 Å².